The molecule has 0 unspecified atom stereocenters. The van der Waals surface area contributed by atoms with Crippen LogP contribution in [0.1, 0.15) is 62.1 Å². The zero-order valence-electron chi connectivity index (χ0n) is 19.5. The zero-order chi connectivity index (χ0) is 30.0. The van der Waals surface area contributed by atoms with E-state index in [1.807, 2.05) is 0 Å². The van der Waals surface area contributed by atoms with Gasteiger partial charge in [-0.05, 0) is 54.6 Å². The number of rotatable bonds is 6. The van der Waals surface area contributed by atoms with Gasteiger partial charge in [0, 0.05) is 41.3 Å². The van der Waals surface area contributed by atoms with E-state index in [0.29, 0.717) is 0 Å². The van der Waals surface area contributed by atoms with Gasteiger partial charge in [0.25, 0.3) is 0 Å². The van der Waals surface area contributed by atoms with Crippen LogP contribution in [-0.2, 0) is 26.2 Å². The Morgan fingerprint density at radius 1 is 0.375 bits per heavy atom. The predicted molar refractivity (Wildman–Crippen MR) is 136 cm³/mol. The molecule has 16 heteroatoms. The van der Waals surface area contributed by atoms with Crippen molar-refractivity contribution in [2.45, 2.75) is 0 Å². The summed E-state index contributed by atoms with van der Waals surface area (Å²) in [6, 6.07) is 10.8. The number of hydrogen-bond donors (Lipinski definition) is 6. The molecule has 3 rings (SSSR count). The van der Waals surface area contributed by atoms with E-state index in [-0.39, 0.29) is 74.7 Å². The molecule has 3 aromatic carbocycles. The summed E-state index contributed by atoms with van der Waals surface area (Å²) in [7, 11) is 0. The first-order chi connectivity index (χ1) is 18.1. The van der Waals surface area contributed by atoms with Gasteiger partial charge in [0.05, 0.1) is 33.4 Å². The number of halogens is 3. The summed E-state index contributed by atoms with van der Waals surface area (Å²) in [5, 5.41) is 52.2. The second-order valence-electron chi connectivity index (χ2n) is 6.90. The SMILES string of the molecule is O=C(O)c1ccc(Cl)cc1C(=O)O.O=C(O)c1ccc(Cl)cc1C(=O)O.O=C(O)c1ccc(Cl)cc1C(=O)O.[Zr]. The molecule has 6 N–H and O–H groups in total. The van der Waals surface area contributed by atoms with Gasteiger partial charge in [0.15, 0.2) is 0 Å². The fourth-order valence-electron chi connectivity index (χ4n) is 2.64. The van der Waals surface area contributed by atoms with Crippen LogP contribution in [0.4, 0.5) is 0 Å². The minimum atomic E-state index is -1.31. The van der Waals surface area contributed by atoms with Crippen molar-refractivity contribution in [2.24, 2.45) is 0 Å². The first-order valence-corrected chi connectivity index (χ1v) is 11.0. The van der Waals surface area contributed by atoms with E-state index in [1.165, 1.54) is 18.2 Å². The van der Waals surface area contributed by atoms with Crippen molar-refractivity contribution >= 4 is 70.6 Å². The maximum absolute atomic E-state index is 10.6. The molecule has 0 atom stereocenters. The van der Waals surface area contributed by atoms with Gasteiger partial charge in [0.1, 0.15) is 0 Å². The largest absolute Gasteiger partial charge is 0.478 e. The summed E-state index contributed by atoms with van der Waals surface area (Å²) in [5.74, 6) is -7.77. The van der Waals surface area contributed by atoms with Gasteiger partial charge in [-0.25, -0.2) is 28.8 Å². The molecule has 0 saturated carbocycles. The van der Waals surface area contributed by atoms with E-state index < -0.39 is 35.8 Å². The maximum Gasteiger partial charge on any atom is 0.336 e. The van der Waals surface area contributed by atoms with Gasteiger partial charge < -0.3 is 30.6 Å². The van der Waals surface area contributed by atoms with E-state index in [2.05, 4.69) is 0 Å². The van der Waals surface area contributed by atoms with Crippen molar-refractivity contribution < 1.29 is 85.6 Å². The van der Waals surface area contributed by atoms with Crippen LogP contribution in [0.15, 0.2) is 54.6 Å². The van der Waals surface area contributed by atoms with Crippen molar-refractivity contribution in [3.8, 4) is 0 Å². The Kier molecular flexibility index (Phi) is 14.8. The smallest absolute Gasteiger partial charge is 0.336 e. The predicted octanol–water partition coefficient (Wildman–Crippen LogP) is 5.21. The minimum Gasteiger partial charge on any atom is -0.478 e. The summed E-state index contributed by atoms with van der Waals surface area (Å²) < 4.78 is 0. The summed E-state index contributed by atoms with van der Waals surface area (Å²) in [4.78, 5) is 63.3. The van der Waals surface area contributed by atoms with Crippen LogP contribution in [0.2, 0.25) is 15.1 Å². The first kappa shape index (κ1) is 36.2. The third-order valence-corrected chi connectivity index (χ3v) is 5.03. The van der Waals surface area contributed by atoms with Crippen LogP contribution < -0.4 is 0 Å². The molecule has 0 fully saturated rings. The summed E-state index contributed by atoms with van der Waals surface area (Å²) in [6.45, 7) is 0. The molecule has 0 aliphatic rings. The van der Waals surface area contributed by atoms with Crippen molar-refractivity contribution in [3.05, 3.63) is 103 Å². The average Bonchev–Trinajstić information content (AvgIpc) is 2.84. The van der Waals surface area contributed by atoms with E-state index in [4.69, 9.17) is 65.4 Å². The summed E-state index contributed by atoms with van der Waals surface area (Å²) in [5.41, 5.74) is -1.72. The van der Waals surface area contributed by atoms with Crippen LogP contribution in [0.5, 0.6) is 0 Å². The van der Waals surface area contributed by atoms with E-state index in [1.54, 1.807) is 0 Å². The molecule has 0 amide bonds. The Bertz CT molecular complexity index is 1300. The topological polar surface area (TPSA) is 224 Å². The molecule has 3 aromatic rings. The van der Waals surface area contributed by atoms with Crippen LogP contribution in [0.3, 0.4) is 0 Å². The zero-order valence-corrected chi connectivity index (χ0v) is 24.2. The van der Waals surface area contributed by atoms with Crippen LogP contribution in [-0.4, -0.2) is 66.5 Å². The fraction of sp³-hybridized carbons (Fsp3) is 0. The average molecular weight is 693 g/mol. The molecule has 0 heterocycles. The van der Waals surface area contributed by atoms with Gasteiger partial charge in [0.2, 0.25) is 0 Å². The second kappa shape index (κ2) is 16.4. The molecule has 0 aliphatic carbocycles. The Labute approximate surface area is 258 Å². The van der Waals surface area contributed by atoms with Crippen LogP contribution >= 0.6 is 34.8 Å². The minimum absolute atomic E-state index is 0. The van der Waals surface area contributed by atoms with Gasteiger partial charge in [-0.2, -0.15) is 0 Å². The monoisotopic (exact) mass is 690 g/mol. The van der Waals surface area contributed by atoms with Crippen molar-refractivity contribution in [2.75, 3.05) is 0 Å². The van der Waals surface area contributed by atoms with Gasteiger partial charge in [-0.1, -0.05) is 34.8 Å². The van der Waals surface area contributed by atoms with E-state index in [0.717, 1.165) is 36.4 Å². The van der Waals surface area contributed by atoms with Gasteiger partial charge in [-0.3, -0.25) is 0 Å². The molecule has 0 bridgehead atoms. The molecule has 208 valence electrons. The summed E-state index contributed by atoms with van der Waals surface area (Å²) >= 11 is 16.5. The molecule has 12 nitrogen and oxygen atoms in total. The number of carbonyl (C=O) groups is 6. The molecular formula is C24H15Cl3O12Zr. The number of carboxylic acids is 6. The number of aromatic carboxylic acids is 6. The molecule has 0 aliphatic heterocycles. The number of benzene rings is 3. The quantitative estimate of drug-likeness (QED) is 0.196. The Balaban J connectivity index is 0.000000563. The van der Waals surface area contributed by atoms with Crippen LogP contribution in [0.25, 0.3) is 0 Å². The third kappa shape index (κ3) is 10.8. The molecule has 0 aromatic heterocycles. The normalized spacial score (nSPS) is 9.38. The Morgan fingerprint density at radius 2 is 0.550 bits per heavy atom. The Morgan fingerprint density at radius 3 is 0.700 bits per heavy atom. The fourth-order valence-corrected chi connectivity index (χ4v) is 3.16. The van der Waals surface area contributed by atoms with Crippen molar-refractivity contribution in [1.82, 2.24) is 0 Å². The third-order valence-electron chi connectivity index (χ3n) is 4.33. The summed E-state index contributed by atoms with van der Waals surface area (Å²) in [6.07, 6.45) is 0. The van der Waals surface area contributed by atoms with Crippen molar-refractivity contribution in [1.29, 1.82) is 0 Å². The molecule has 0 spiro atoms. The van der Waals surface area contributed by atoms with Crippen molar-refractivity contribution in [3.63, 3.8) is 0 Å². The molecule has 40 heavy (non-hydrogen) atoms. The Hall–Kier alpha value is -3.77. The van der Waals surface area contributed by atoms with Gasteiger partial charge >= 0.3 is 35.8 Å². The molecular weight excluding hydrogens is 678 g/mol. The van der Waals surface area contributed by atoms with E-state index >= 15 is 0 Å². The molecule has 0 saturated heterocycles. The van der Waals surface area contributed by atoms with Crippen LogP contribution in [0, 0.1) is 0 Å². The maximum atomic E-state index is 10.6. The van der Waals surface area contributed by atoms with Gasteiger partial charge in [-0.15, -0.1) is 0 Å². The standard InChI is InChI=1S/3C8H5ClO4.Zr/c3*9-4-1-2-5(7(10)11)6(3-4)8(12)13;/h3*1-3H,(H,10,11)(H,12,13);. The molecule has 0 radical (unpaired) electrons. The number of carboxylic acid groups (broad SMARTS) is 6. The first-order valence-electron chi connectivity index (χ1n) is 9.85. The van der Waals surface area contributed by atoms with E-state index in [9.17, 15) is 28.8 Å². The second-order valence-corrected chi connectivity index (χ2v) is 8.21. The number of hydrogen-bond acceptors (Lipinski definition) is 6.